The summed E-state index contributed by atoms with van der Waals surface area (Å²) in [4.78, 5) is 1.47. The SMILES string of the molecule is c1ccc(SC2CCCC2)c(NCC2CCCCC2)c1. The van der Waals surface area contributed by atoms with E-state index in [2.05, 4.69) is 41.3 Å². The molecule has 20 heavy (non-hydrogen) atoms. The van der Waals surface area contributed by atoms with Crippen molar-refractivity contribution in [3.8, 4) is 0 Å². The number of hydrogen-bond donors (Lipinski definition) is 1. The van der Waals surface area contributed by atoms with Crippen molar-refractivity contribution in [2.75, 3.05) is 11.9 Å². The van der Waals surface area contributed by atoms with E-state index < -0.39 is 0 Å². The molecule has 0 heterocycles. The van der Waals surface area contributed by atoms with Crippen molar-refractivity contribution in [3.63, 3.8) is 0 Å². The first-order chi connectivity index (χ1) is 9.92. The molecule has 2 heteroatoms. The average Bonchev–Trinajstić information content (AvgIpc) is 3.00. The van der Waals surface area contributed by atoms with E-state index in [0.29, 0.717) is 0 Å². The summed E-state index contributed by atoms with van der Waals surface area (Å²) in [6.07, 6.45) is 12.8. The third-order valence-corrected chi connectivity index (χ3v) is 6.20. The van der Waals surface area contributed by atoms with Crippen LogP contribution in [-0.2, 0) is 0 Å². The van der Waals surface area contributed by atoms with Gasteiger partial charge in [0.05, 0.1) is 0 Å². The molecule has 0 radical (unpaired) electrons. The summed E-state index contributed by atoms with van der Waals surface area (Å²) in [5, 5.41) is 4.59. The molecule has 110 valence electrons. The fourth-order valence-corrected chi connectivity index (χ4v) is 4.90. The monoisotopic (exact) mass is 289 g/mol. The predicted molar refractivity (Wildman–Crippen MR) is 89.6 cm³/mol. The van der Waals surface area contributed by atoms with E-state index in [9.17, 15) is 0 Å². The highest BCUT2D eigenvalue weighted by Crippen LogP contribution is 2.38. The molecule has 0 atom stereocenters. The minimum absolute atomic E-state index is 0.854. The van der Waals surface area contributed by atoms with Gasteiger partial charge in [0.2, 0.25) is 0 Å². The zero-order valence-electron chi connectivity index (χ0n) is 12.4. The van der Waals surface area contributed by atoms with Crippen LogP contribution in [0, 0.1) is 5.92 Å². The third-order valence-electron chi connectivity index (χ3n) is 4.79. The van der Waals surface area contributed by atoms with Crippen LogP contribution in [0.2, 0.25) is 0 Å². The van der Waals surface area contributed by atoms with Crippen LogP contribution in [0.15, 0.2) is 29.2 Å². The second kappa shape index (κ2) is 7.40. The molecule has 0 amide bonds. The maximum absolute atomic E-state index is 3.74. The molecule has 1 nitrogen and oxygen atoms in total. The smallest absolute Gasteiger partial charge is 0.0478 e. The van der Waals surface area contributed by atoms with Gasteiger partial charge in [-0.05, 0) is 43.7 Å². The van der Waals surface area contributed by atoms with Crippen molar-refractivity contribution in [1.82, 2.24) is 0 Å². The van der Waals surface area contributed by atoms with Crippen molar-refractivity contribution < 1.29 is 0 Å². The van der Waals surface area contributed by atoms with Crippen LogP contribution in [0.25, 0.3) is 0 Å². The molecule has 2 aliphatic rings. The maximum Gasteiger partial charge on any atom is 0.0478 e. The van der Waals surface area contributed by atoms with Crippen LogP contribution < -0.4 is 5.32 Å². The molecule has 0 spiro atoms. The molecule has 1 aromatic rings. The molecule has 2 saturated carbocycles. The summed E-state index contributed by atoms with van der Waals surface area (Å²) in [6.45, 7) is 1.17. The lowest BCUT2D eigenvalue weighted by Gasteiger charge is -2.23. The Kier molecular flexibility index (Phi) is 5.30. The van der Waals surface area contributed by atoms with E-state index in [0.717, 1.165) is 11.2 Å². The molecule has 3 rings (SSSR count). The van der Waals surface area contributed by atoms with Gasteiger partial charge in [-0.2, -0.15) is 0 Å². The molecule has 0 bridgehead atoms. The Labute approximate surface area is 127 Å². The summed E-state index contributed by atoms with van der Waals surface area (Å²) in [5.74, 6) is 0.897. The van der Waals surface area contributed by atoms with Gasteiger partial charge in [0, 0.05) is 22.4 Å². The Bertz CT molecular complexity index is 406. The largest absolute Gasteiger partial charge is 0.384 e. The van der Waals surface area contributed by atoms with E-state index >= 15 is 0 Å². The maximum atomic E-state index is 3.74. The molecule has 2 aliphatic carbocycles. The summed E-state index contributed by atoms with van der Waals surface area (Å²) in [7, 11) is 0. The Balaban J connectivity index is 1.57. The number of rotatable bonds is 5. The van der Waals surface area contributed by atoms with Gasteiger partial charge in [0.1, 0.15) is 0 Å². The molecule has 2 fully saturated rings. The number of hydrogen-bond acceptors (Lipinski definition) is 2. The summed E-state index contributed by atoms with van der Waals surface area (Å²) >= 11 is 2.10. The Hall–Kier alpha value is -0.630. The van der Waals surface area contributed by atoms with E-state index in [1.807, 2.05) is 0 Å². The number of thioether (sulfide) groups is 1. The second-order valence-electron chi connectivity index (χ2n) is 6.41. The van der Waals surface area contributed by atoms with Gasteiger partial charge in [-0.3, -0.25) is 0 Å². The molecular weight excluding hydrogens is 262 g/mol. The lowest BCUT2D eigenvalue weighted by Crippen LogP contribution is -2.17. The van der Waals surface area contributed by atoms with Crippen LogP contribution in [0.5, 0.6) is 0 Å². The first kappa shape index (κ1) is 14.3. The highest BCUT2D eigenvalue weighted by molar-refractivity contribution is 8.00. The Morgan fingerprint density at radius 3 is 2.40 bits per heavy atom. The van der Waals surface area contributed by atoms with Gasteiger partial charge >= 0.3 is 0 Å². The van der Waals surface area contributed by atoms with Gasteiger partial charge in [-0.25, -0.2) is 0 Å². The zero-order chi connectivity index (χ0) is 13.6. The van der Waals surface area contributed by atoms with E-state index in [4.69, 9.17) is 0 Å². The second-order valence-corrected chi connectivity index (χ2v) is 7.75. The number of benzene rings is 1. The van der Waals surface area contributed by atoms with Crippen molar-refractivity contribution in [2.45, 2.75) is 67.9 Å². The zero-order valence-corrected chi connectivity index (χ0v) is 13.3. The Morgan fingerprint density at radius 2 is 1.60 bits per heavy atom. The van der Waals surface area contributed by atoms with Crippen molar-refractivity contribution in [1.29, 1.82) is 0 Å². The average molecular weight is 289 g/mol. The highest BCUT2D eigenvalue weighted by Gasteiger charge is 2.18. The van der Waals surface area contributed by atoms with E-state index in [1.54, 1.807) is 0 Å². The van der Waals surface area contributed by atoms with E-state index in [-0.39, 0.29) is 0 Å². The van der Waals surface area contributed by atoms with Crippen LogP contribution in [0.4, 0.5) is 5.69 Å². The Morgan fingerprint density at radius 1 is 0.900 bits per heavy atom. The van der Waals surface area contributed by atoms with Gasteiger partial charge in [-0.15, -0.1) is 11.8 Å². The lowest BCUT2D eigenvalue weighted by atomic mass is 9.89. The standard InChI is InChI=1S/C18H27NS/c1-2-8-15(9-3-1)14-19-17-12-6-7-13-18(17)20-16-10-4-5-11-16/h6-7,12-13,15-16,19H,1-5,8-11,14H2. The quantitative estimate of drug-likeness (QED) is 0.744. The molecule has 0 aromatic heterocycles. The number of anilines is 1. The number of nitrogens with one attached hydrogen (secondary N) is 1. The minimum atomic E-state index is 0.854. The molecule has 0 saturated heterocycles. The van der Waals surface area contributed by atoms with Gasteiger partial charge < -0.3 is 5.32 Å². The molecule has 0 aliphatic heterocycles. The fraction of sp³-hybridized carbons (Fsp3) is 0.667. The fourth-order valence-electron chi connectivity index (χ4n) is 3.55. The van der Waals surface area contributed by atoms with Crippen LogP contribution in [0.1, 0.15) is 57.8 Å². The molecule has 1 aromatic carbocycles. The van der Waals surface area contributed by atoms with Crippen molar-refractivity contribution in [2.24, 2.45) is 5.92 Å². The van der Waals surface area contributed by atoms with E-state index in [1.165, 1.54) is 74.9 Å². The predicted octanol–water partition coefficient (Wildman–Crippen LogP) is 5.71. The van der Waals surface area contributed by atoms with Gasteiger partial charge in [0.25, 0.3) is 0 Å². The van der Waals surface area contributed by atoms with Crippen molar-refractivity contribution >= 4 is 17.4 Å². The highest BCUT2D eigenvalue weighted by atomic mass is 32.2. The topological polar surface area (TPSA) is 12.0 Å². The van der Waals surface area contributed by atoms with Crippen LogP contribution in [-0.4, -0.2) is 11.8 Å². The summed E-state index contributed by atoms with van der Waals surface area (Å²) in [6, 6.07) is 8.91. The lowest BCUT2D eigenvalue weighted by molar-refractivity contribution is 0.373. The molecule has 1 N–H and O–H groups in total. The molecule has 0 unspecified atom stereocenters. The van der Waals surface area contributed by atoms with Gasteiger partial charge in [0.15, 0.2) is 0 Å². The van der Waals surface area contributed by atoms with Crippen LogP contribution >= 0.6 is 11.8 Å². The summed E-state index contributed by atoms with van der Waals surface area (Å²) in [5.41, 5.74) is 1.37. The normalized spacial score (nSPS) is 21.2. The van der Waals surface area contributed by atoms with Gasteiger partial charge in [-0.1, -0.05) is 44.2 Å². The first-order valence-electron chi connectivity index (χ1n) is 8.41. The number of para-hydroxylation sites is 1. The third kappa shape index (κ3) is 3.94. The minimum Gasteiger partial charge on any atom is -0.384 e. The van der Waals surface area contributed by atoms with Crippen LogP contribution in [0.3, 0.4) is 0 Å². The van der Waals surface area contributed by atoms with Crippen molar-refractivity contribution in [3.05, 3.63) is 24.3 Å². The first-order valence-corrected chi connectivity index (χ1v) is 9.29. The molecular formula is C18H27NS. The summed E-state index contributed by atoms with van der Waals surface area (Å²) < 4.78 is 0.